The Morgan fingerprint density at radius 3 is 2.79 bits per heavy atom. The minimum absolute atomic E-state index is 0.0967. The molecule has 0 fully saturated rings. The van der Waals surface area contributed by atoms with E-state index in [1.807, 2.05) is 0 Å². The number of rotatable bonds is 2. The van der Waals surface area contributed by atoms with Crippen molar-refractivity contribution in [2.24, 2.45) is 5.92 Å². The maximum Gasteiger partial charge on any atom is 0.217 e. The molecule has 3 atom stereocenters. The second kappa shape index (κ2) is 7.31. The number of hydrogen-bond donors (Lipinski definition) is 0. The molecule has 2 aliphatic carbocycles. The molecule has 2 aliphatic heterocycles. The van der Waals surface area contributed by atoms with Crippen LogP contribution in [0.2, 0.25) is 0 Å². The lowest BCUT2D eigenvalue weighted by molar-refractivity contribution is -0.672. The van der Waals surface area contributed by atoms with Crippen LogP contribution in [0.3, 0.4) is 0 Å². The molecule has 0 bridgehead atoms. The third-order valence-electron chi connectivity index (χ3n) is 7.81. The molecular weight excluding hydrogens is 402 g/mol. The Hall–Kier alpha value is -3.39. The van der Waals surface area contributed by atoms with Gasteiger partial charge in [-0.2, -0.15) is 4.57 Å². The van der Waals surface area contributed by atoms with Crippen molar-refractivity contribution in [1.82, 2.24) is 0 Å². The number of hydrogen-bond acceptors (Lipinski definition) is 1. The number of nitrogens with zero attached hydrogens (tertiary/aromatic N) is 1. The summed E-state index contributed by atoms with van der Waals surface area (Å²) < 4.78 is 9.25. The molecule has 3 heterocycles. The van der Waals surface area contributed by atoms with Crippen molar-refractivity contribution in [3.05, 3.63) is 107 Å². The van der Waals surface area contributed by atoms with Crippen molar-refractivity contribution < 1.29 is 9.30 Å². The predicted molar refractivity (Wildman–Crippen MR) is 132 cm³/mol. The van der Waals surface area contributed by atoms with Crippen LogP contribution >= 0.6 is 0 Å². The van der Waals surface area contributed by atoms with Gasteiger partial charge in [0.05, 0.1) is 5.56 Å². The van der Waals surface area contributed by atoms with Crippen LogP contribution in [0.15, 0.2) is 96.2 Å². The largest absolute Gasteiger partial charge is 0.484 e. The second-order valence-electron chi connectivity index (χ2n) is 9.95. The zero-order valence-electron chi connectivity index (χ0n) is 19.0. The Balaban J connectivity index is 1.32. The molecule has 1 aromatic heterocycles. The van der Waals surface area contributed by atoms with Gasteiger partial charge < -0.3 is 4.74 Å². The number of benzene rings is 2. The standard InChI is InChI=1S/C31H28NO/c1-20-7-5-10-23(17-20)25-11-6-12-26-27-14-13-24-19-32-16-15-22(21-8-3-2-4-9-21)18-28(32)29(24)31(27)33-30(25)26/h2-4,6,8-9,11-18,20,26,30H,5,7,10,19H2,1H3/q+1. The fourth-order valence-corrected chi connectivity index (χ4v) is 6.17. The van der Waals surface area contributed by atoms with Crippen LogP contribution in [0.1, 0.15) is 43.2 Å². The number of aromatic nitrogens is 1. The molecule has 4 aliphatic rings. The van der Waals surface area contributed by atoms with Crippen molar-refractivity contribution in [3.8, 4) is 28.1 Å². The van der Waals surface area contributed by atoms with Crippen molar-refractivity contribution >= 4 is 0 Å². The van der Waals surface area contributed by atoms with Crippen molar-refractivity contribution in [1.29, 1.82) is 0 Å². The minimum Gasteiger partial charge on any atom is -0.484 e. The molecule has 7 rings (SSSR count). The van der Waals surface area contributed by atoms with Crippen LogP contribution in [0, 0.1) is 5.92 Å². The molecule has 162 valence electrons. The van der Waals surface area contributed by atoms with Crippen molar-refractivity contribution in [2.45, 2.75) is 44.8 Å². The van der Waals surface area contributed by atoms with Crippen LogP contribution in [0.5, 0.6) is 5.75 Å². The van der Waals surface area contributed by atoms with Gasteiger partial charge in [0.2, 0.25) is 5.69 Å². The van der Waals surface area contributed by atoms with Gasteiger partial charge in [0.25, 0.3) is 0 Å². The number of fused-ring (bicyclic) bond motifs is 7. The number of ether oxygens (including phenoxy) is 1. The summed E-state index contributed by atoms with van der Waals surface area (Å²) in [6.07, 6.45) is 15.4. The van der Waals surface area contributed by atoms with Crippen LogP contribution in [-0.2, 0) is 6.54 Å². The van der Waals surface area contributed by atoms with E-state index >= 15 is 0 Å². The molecule has 2 nitrogen and oxygen atoms in total. The zero-order valence-corrected chi connectivity index (χ0v) is 19.0. The average Bonchev–Trinajstić information content (AvgIpc) is 3.42. The van der Waals surface area contributed by atoms with Crippen LogP contribution < -0.4 is 9.30 Å². The van der Waals surface area contributed by atoms with E-state index < -0.39 is 0 Å². The summed E-state index contributed by atoms with van der Waals surface area (Å²) in [7, 11) is 0. The third-order valence-corrected chi connectivity index (χ3v) is 7.81. The van der Waals surface area contributed by atoms with E-state index in [1.54, 1.807) is 0 Å². The molecule has 3 unspecified atom stereocenters. The molecule has 2 heteroatoms. The summed E-state index contributed by atoms with van der Waals surface area (Å²) in [6, 6.07) is 19.9. The van der Waals surface area contributed by atoms with Crippen LogP contribution in [0.25, 0.3) is 22.4 Å². The van der Waals surface area contributed by atoms with Gasteiger partial charge in [-0.25, -0.2) is 0 Å². The fraction of sp³-hybridized carbons (Fsp3) is 0.258. The third kappa shape index (κ3) is 2.97. The lowest BCUT2D eigenvalue weighted by atomic mass is 9.79. The van der Waals surface area contributed by atoms with E-state index in [4.69, 9.17) is 4.74 Å². The maximum absolute atomic E-state index is 6.88. The number of allylic oxidation sites excluding steroid dienone is 3. The predicted octanol–water partition coefficient (Wildman–Crippen LogP) is 6.76. The van der Waals surface area contributed by atoms with Crippen LogP contribution in [-0.4, -0.2) is 6.10 Å². The quantitative estimate of drug-likeness (QED) is 0.320. The lowest BCUT2D eigenvalue weighted by Crippen LogP contribution is -2.31. The molecule has 0 N–H and O–H groups in total. The highest BCUT2D eigenvalue weighted by molar-refractivity contribution is 5.78. The summed E-state index contributed by atoms with van der Waals surface area (Å²) in [5, 5.41) is 0. The molecule has 3 aromatic rings. The van der Waals surface area contributed by atoms with E-state index in [9.17, 15) is 0 Å². The van der Waals surface area contributed by atoms with Crippen molar-refractivity contribution in [2.75, 3.05) is 0 Å². The maximum atomic E-state index is 6.88. The van der Waals surface area contributed by atoms with Gasteiger partial charge in [0.15, 0.2) is 12.7 Å². The first kappa shape index (κ1) is 19.1. The minimum atomic E-state index is 0.0967. The molecule has 0 saturated heterocycles. The monoisotopic (exact) mass is 430 g/mol. The summed E-state index contributed by atoms with van der Waals surface area (Å²) in [5.41, 5.74) is 10.6. The zero-order chi connectivity index (χ0) is 21.9. The molecule has 0 amide bonds. The molecule has 0 radical (unpaired) electrons. The first-order chi connectivity index (χ1) is 16.3. The Kier molecular flexibility index (Phi) is 4.24. The summed E-state index contributed by atoms with van der Waals surface area (Å²) in [6.45, 7) is 3.25. The van der Waals surface area contributed by atoms with Gasteiger partial charge in [-0.1, -0.05) is 73.7 Å². The highest BCUT2D eigenvalue weighted by atomic mass is 16.5. The van der Waals surface area contributed by atoms with Gasteiger partial charge in [0, 0.05) is 29.2 Å². The second-order valence-corrected chi connectivity index (χ2v) is 9.95. The topological polar surface area (TPSA) is 13.1 Å². The Morgan fingerprint density at radius 2 is 1.91 bits per heavy atom. The summed E-state index contributed by atoms with van der Waals surface area (Å²) >= 11 is 0. The Labute approximate surface area is 195 Å². The SMILES string of the molecule is CC1C=C(C2=CC=CC3c4ccc5c(c4OC23)-c2cc(-c3ccccc3)cc[n+]2C5)CCC1. The van der Waals surface area contributed by atoms with Crippen LogP contribution in [0.4, 0.5) is 0 Å². The van der Waals surface area contributed by atoms with E-state index in [-0.39, 0.29) is 6.10 Å². The fourth-order valence-electron chi connectivity index (χ4n) is 6.17. The highest BCUT2D eigenvalue weighted by Gasteiger charge is 2.42. The van der Waals surface area contributed by atoms with E-state index in [1.165, 1.54) is 63.9 Å². The average molecular weight is 431 g/mol. The summed E-state index contributed by atoms with van der Waals surface area (Å²) in [5.74, 6) is 2.06. The van der Waals surface area contributed by atoms with Gasteiger partial charge >= 0.3 is 0 Å². The first-order valence-corrected chi connectivity index (χ1v) is 12.3. The lowest BCUT2D eigenvalue weighted by Gasteiger charge is -2.27. The van der Waals surface area contributed by atoms with E-state index in [0.717, 1.165) is 12.3 Å². The van der Waals surface area contributed by atoms with Gasteiger partial charge in [0.1, 0.15) is 11.9 Å². The first-order valence-electron chi connectivity index (χ1n) is 12.3. The smallest absolute Gasteiger partial charge is 0.217 e. The highest BCUT2D eigenvalue weighted by Crippen LogP contribution is 2.51. The van der Waals surface area contributed by atoms with E-state index in [2.05, 4.69) is 96.6 Å². The normalized spacial score (nSPS) is 24.2. The Morgan fingerprint density at radius 1 is 1.00 bits per heavy atom. The molecule has 0 saturated carbocycles. The summed E-state index contributed by atoms with van der Waals surface area (Å²) in [4.78, 5) is 0. The van der Waals surface area contributed by atoms with Crippen molar-refractivity contribution in [3.63, 3.8) is 0 Å². The van der Waals surface area contributed by atoms with Gasteiger partial charge in [-0.05, 0) is 47.5 Å². The Bertz CT molecular complexity index is 1360. The molecular formula is C31H28NO+. The molecule has 0 spiro atoms. The van der Waals surface area contributed by atoms with Gasteiger partial charge in [-0.15, -0.1) is 0 Å². The van der Waals surface area contributed by atoms with Gasteiger partial charge in [-0.3, -0.25) is 0 Å². The molecule has 2 aromatic carbocycles. The molecule has 33 heavy (non-hydrogen) atoms. The van der Waals surface area contributed by atoms with E-state index in [0.29, 0.717) is 11.8 Å². The number of pyridine rings is 1.